The number of hydrogen-bond donors (Lipinski definition) is 1. The maximum Gasteiger partial charge on any atom is 0.247 e. The zero-order valence-corrected chi connectivity index (χ0v) is 13.8. The normalized spacial score (nSPS) is 12.9. The van der Waals surface area contributed by atoms with Gasteiger partial charge in [-0.15, -0.1) is 0 Å². The molecule has 0 fully saturated rings. The van der Waals surface area contributed by atoms with Crippen molar-refractivity contribution in [2.75, 3.05) is 18.6 Å². The van der Waals surface area contributed by atoms with Gasteiger partial charge in [-0.25, -0.2) is 17.2 Å². The van der Waals surface area contributed by atoms with E-state index in [9.17, 15) is 22.0 Å². The quantitative estimate of drug-likeness (QED) is 0.897. The number of likely N-dealkylation sites (N-methyl/N-ethyl adjacent to an activating group) is 1. The minimum atomic E-state index is -3.66. The SMILES string of the molecule is CN([C@@H](C(=O)Nc1ccc(F)c(F)c1)c1ccccc1)S(C)(=O)=O. The van der Waals surface area contributed by atoms with Gasteiger partial charge in [-0.3, -0.25) is 4.79 Å². The number of hydrogen-bond acceptors (Lipinski definition) is 3. The highest BCUT2D eigenvalue weighted by Gasteiger charge is 2.30. The molecule has 1 atom stereocenters. The third-order valence-electron chi connectivity index (χ3n) is 3.44. The second kappa shape index (κ2) is 7.06. The van der Waals surface area contributed by atoms with E-state index in [2.05, 4.69) is 5.32 Å². The molecule has 1 amide bonds. The van der Waals surface area contributed by atoms with Crippen molar-refractivity contribution in [3.8, 4) is 0 Å². The van der Waals surface area contributed by atoms with Gasteiger partial charge in [0, 0.05) is 18.8 Å². The summed E-state index contributed by atoms with van der Waals surface area (Å²) in [5.41, 5.74) is 0.479. The molecule has 0 aliphatic heterocycles. The average molecular weight is 354 g/mol. The molecule has 0 saturated carbocycles. The largest absolute Gasteiger partial charge is 0.324 e. The molecule has 0 aliphatic rings. The van der Waals surface area contributed by atoms with Gasteiger partial charge in [0.15, 0.2) is 11.6 Å². The smallest absolute Gasteiger partial charge is 0.247 e. The summed E-state index contributed by atoms with van der Waals surface area (Å²) in [5, 5.41) is 2.41. The van der Waals surface area contributed by atoms with E-state index in [1.54, 1.807) is 30.3 Å². The highest BCUT2D eigenvalue weighted by atomic mass is 32.2. The summed E-state index contributed by atoms with van der Waals surface area (Å²) in [6, 6.07) is 10.0. The van der Waals surface area contributed by atoms with Gasteiger partial charge in [0.25, 0.3) is 0 Å². The minimum Gasteiger partial charge on any atom is -0.324 e. The van der Waals surface area contributed by atoms with E-state index in [1.165, 1.54) is 13.1 Å². The van der Waals surface area contributed by atoms with E-state index in [0.29, 0.717) is 5.56 Å². The van der Waals surface area contributed by atoms with Crippen molar-refractivity contribution in [3.63, 3.8) is 0 Å². The Morgan fingerprint density at radius 1 is 1.08 bits per heavy atom. The van der Waals surface area contributed by atoms with Crippen molar-refractivity contribution in [2.24, 2.45) is 0 Å². The van der Waals surface area contributed by atoms with E-state index in [0.717, 1.165) is 22.7 Å². The molecule has 5 nitrogen and oxygen atoms in total. The minimum absolute atomic E-state index is 0.0294. The number of rotatable bonds is 5. The Morgan fingerprint density at radius 3 is 2.25 bits per heavy atom. The maximum atomic E-state index is 13.3. The second-order valence-corrected chi connectivity index (χ2v) is 7.25. The summed E-state index contributed by atoms with van der Waals surface area (Å²) in [5.74, 6) is -2.83. The fraction of sp³-hybridized carbons (Fsp3) is 0.188. The third kappa shape index (κ3) is 4.15. The van der Waals surface area contributed by atoms with Crippen LogP contribution in [0.25, 0.3) is 0 Å². The predicted molar refractivity (Wildman–Crippen MR) is 86.8 cm³/mol. The Morgan fingerprint density at radius 2 is 1.71 bits per heavy atom. The number of sulfonamides is 1. The van der Waals surface area contributed by atoms with Crippen LogP contribution in [0.3, 0.4) is 0 Å². The first-order valence-electron chi connectivity index (χ1n) is 6.94. The maximum absolute atomic E-state index is 13.3. The monoisotopic (exact) mass is 354 g/mol. The number of benzene rings is 2. The molecular formula is C16H16F2N2O3S. The van der Waals surface area contributed by atoms with Crippen LogP contribution in [0.5, 0.6) is 0 Å². The molecular weight excluding hydrogens is 338 g/mol. The van der Waals surface area contributed by atoms with Gasteiger partial charge in [0.1, 0.15) is 6.04 Å². The number of anilines is 1. The summed E-state index contributed by atoms with van der Waals surface area (Å²) in [6.07, 6.45) is 0.980. The molecule has 0 unspecified atom stereocenters. The van der Waals surface area contributed by atoms with Crippen LogP contribution in [-0.2, 0) is 14.8 Å². The molecule has 0 spiro atoms. The van der Waals surface area contributed by atoms with Gasteiger partial charge < -0.3 is 5.32 Å². The molecule has 2 rings (SSSR count). The predicted octanol–water partition coefficient (Wildman–Crippen LogP) is 2.54. The summed E-state index contributed by atoms with van der Waals surface area (Å²) in [7, 11) is -2.39. The molecule has 0 aliphatic carbocycles. The molecule has 1 N–H and O–H groups in total. The van der Waals surface area contributed by atoms with E-state index in [-0.39, 0.29) is 5.69 Å². The van der Waals surface area contributed by atoms with Gasteiger partial charge in [-0.2, -0.15) is 4.31 Å². The van der Waals surface area contributed by atoms with Crippen LogP contribution in [0.15, 0.2) is 48.5 Å². The number of amides is 1. The Hall–Kier alpha value is -2.32. The molecule has 8 heteroatoms. The Labute approximate surface area is 139 Å². The van der Waals surface area contributed by atoms with Crippen molar-refractivity contribution in [1.29, 1.82) is 0 Å². The molecule has 0 heterocycles. The second-order valence-electron chi connectivity index (χ2n) is 5.21. The number of nitrogens with one attached hydrogen (secondary N) is 1. The zero-order chi connectivity index (χ0) is 17.9. The van der Waals surface area contributed by atoms with Crippen LogP contribution in [0, 0.1) is 11.6 Å². The number of nitrogens with zero attached hydrogens (tertiary/aromatic N) is 1. The molecule has 2 aromatic rings. The molecule has 0 radical (unpaired) electrons. The van der Waals surface area contributed by atoms with Crippen molar-refractivity contribution >= 4 is 21.6 Å². The first kappa shape index (κ1) is 18.0. The van der Waals surface area contributed by atoms with Crippen LogP contribution in [0.4, 0.5) is 14.5 Å². The van der Waals surface area contributed by atoms with Crippen LogP contribution >= 0.6 is 0 Å². The van der Waals surface area contributed by atoms with Crippen LogP contribution in [-0.4, -0.2) is 31.9 Å². The zero-order valence-electron chi connectivity index (χ0n) is 13.0. The average Bonchev–Trinajstić information content (AvgIpc) is 2.51. The first-order chi connectivity index (χ1) is 11.2. The summed E-state index contributed by atoms with van der Waals surface area (Å²) in [4.78, 5) is 12.6. The number of carbonyl (C=O) groups is 1. The standard InChI is InChI=1S/C16H16F2N2O3S/c1-20(24(2,22)23)15(11-6-4-3-5-7-11)16(21)19-12-8-9-13(17)14(18)10-12/h3-10,15H,1-2H3,(H,19,21)/t15-/m1/s1. The van der Waals surface area contributed by atoms with Gasteiger partial charge in [0.05, 0.1) is 6.26 Å². The van der Waals surface area contributed by atoms with Crippen molar-refractivity contribution in [1.82, 2.24) is 4.31 Å². The van der Waals surface area contributed by atoms with Crippen molar-refractivity contribution in [3.05, 3.63) is 65.7 Å². The van der Waals surface area contributed by atoms with E-state index >= 15 is 0 Å². The Kier molecular flexibility index (Phi) is 5.30. The van der Waals surface area contributed by atoms with Crippen LogP contribution in [0.2, 0.25) is 0 Å². The highest BCUT2D eigenvalue weighted by Crippen LogP contribution is 2.24. The lowest BCUT2D eigenvalue weighted by Gasteiger charge is -2.25. The lowest BCUT2D eigenvalue weighted by Crippen LogP contribution is -2.38. The van der Waals surface area contributed by atoms with Gasteiger partial charge >= 0.3 is 0 Å². The lowest BCUT2D eigenvalue weighted by molar-refractivity contribution is -0.119. The van der Waals surface area contributed by atoms with Crippen LogP contribution < -0.4 is 5.32 Å². The number of halogens is 2. The van der Waals surface area contributed by atoms with Gasteiger partial charge in [0.2, 0.25) is 15.9 Å². The molecule has 24 heavy (non-hydrogen) atoms. The first-order valence-corrected chi connectivity index (χ1v) is 8.79. The van der Waals surface area contributed by atoms with Crippen LogP contribution in [0.1, 0.15) is 11.6 Å². The van der Waals surface area contributed by atoms with Gasteiger partial charge in [-0.1, -0.05) is 30.3 Å². The summed E-state index contributed by atoms with van der Waals surface area (Å²) < 4.78 is 50.8. The van der Waals surface area contributed by atoms with E-state index < -0.39 is 33.6 Å². The van der Waals surface area contributed by atoms with E-state index in [1.807, 2.05) is 0 Å². The molecule has 0 saturated heterocycles. The summed E-state index contributed by atoms with van der Waals surface area (Å²) >= 11 is 0. The fourth-order valence-corrected chi connectivity index (χ4v) is 2.74. The third-order valence-corrected chi connectivity index (χ3v) is 4.69. The Balaban J connectivity index is 2.36. The number of carbonyl (C=O) groups excluding carboxylic acids is 1. The van der Waals surface area contributed by atoms with Crippen molar-refractivity contribution < 1.29 is 22.0 Å². The molecule has 0 bridgehead atoms. The molecule has 2 aromatic carbocycles. The molecule has 0 aromatic heterocycles. The topological polar surface area (TPSA) is 66.5 Å². The van der Waals surface area contributed by atoms with E-state index in [4.69, 9.17) is 0 Å². The Bertz CT molecular complexity index is 842. The van der Waals surface area contributed by atoms with Gasteiger partial charge in [-0.05, 0) is 17.7 Å². The fourth-order valence-electron chi connectivity index (χ4n) is 2.14. The summed E-state index contributed by atoms with van der Waals surface area (Å²) in [6.45, 7) is 0. The highest BCUT2D eigenvalue weighted by molar-refractivity contribution is 7.88. The lowest BCUT2D eigenvalue weighted by atomic mass is 10.1. The molecule has 128 valence electrons. The van der Waals surface area contributed by atoms with Crippen molar-refractivity contribution in [2.45, 2.75) is 6.04 Å².